The summed E-state index contributed by atoms with van der Waals surface area (Å²) in [5, 5.41) is 9.89. The molecule has 1 aromatic heterocycles. The highest BCUT2D eigenvalue weighted by molar-refractivity contribution is 6.08. The molecule has 1 amide bonds. The molecule has 12 heteroatoms. The number of nitrogens with zero attached hydrogens (tertiary/aromatic N) is 4. The highest BCUT2D eigenvalue weighted by atomic mass is 19.4. The van der Waals surface area contributed by atoms with Crippen LogP contribution in [0.5, 0.6) is 23.0 Å². The first kappa shape index (κ1) is 25.5. The van der Waals surface area contributed by atoms with Gasteiger partial charge >= 0.3 is 6.18 Å². The van der Waals surface area contributed by atoms with Gasteiger partial charge < -0.3 is 18.9 Å². The zero-order valence-corrected chi connectivity index (χ0v) is 22.0. The maximum atomic E-state index is 13.8. The molecule has 41 heavy (non-hydrogen) atoms. The van der Waals surface area contributed by atoms with Gasteiger partial charge in [0.1, 0.15) is 6.54 Å². The Bertz CT molecular complexity index is 1610. The van der Waals surface area contributed by atoms with Crippen LogP contribution in [0.4, 0.5) is 13.2 Å². The summed E-state index contributed by atoms with van der Waals surface area (Å²) in [5.41, 5.74) is 2.71. The predicted octanol–water partition coefficient (Wildman–Crippen LogP) is 5.49. The smallest absolute Gasteiger partial charge is 0.435 e. The van der Waals surface area contributed by atoms with E-state index in [0.717, 1.165) is 52.4 Å². The van der Waals surface area contributed by atoms with E-state index in [1.165, 1.54) is 11.9 Å². The monoisotopic (exact) mass is 566 g/mol. The lowest BCUT2D eigenvalue weighted by Gasteiger charge is -2.29. The summed E-state index contributed by atoms with van der Waals surface area (Å²) in [4.78, 5) is 13.8. The first-order valence-corrected chi connectivity index (χ1v) is 13.3. The van der Waals surface area contributed by atoms with Crippen LogP contribution in [0, 0.1) is 12.8 Å². The molecule has 2 atom stereocenters. The lowest BCUT2D eigenvalue weighted by Crippen LogP contribution is -2.34. The minimum absolute atomic E-state index is 0.111. The van der Waals surface area contributed by atoms with E-state index in [0.29, 0.717) is 23.0 Å². The highest BCUT2D eigenvalue weighted by Crippen LogP contribution is 2.47. The molecule has 0 saturated heterocycles. The van der Waals surface area contributed by atoms with Crippen molar-refractivity contribution in [1.82, 2.24) is 14.8 Å². The molecule has 1 fully saturated rings. The number of ether oxygens (including phenoxy) is 4. The molecular formula is C29H25F3N4O5. The average Bonchev–Trinajstić information content (AvgIpc) is 3.73. The number of aromatic nitrogens is 2. The largest absolute Gasteiger partial charge is 0.454 e. The van der Waals surface area contributed by atoms with Crippen molar-refractivity contribution in [2.24, 2.45) is 11.0 Å². The Labute approximate surface area is 232 Å². The van der Waals surface area contributed by atoms with Crippen molar-refractivity contribution in [3.05, 3.63) is 70.6 Å². The van der Waals surface area contributed by atoms with Crippen LogP contribution in [0.1, 0.15) is 47.8 Å². The van der Waals surface area contributed by atoms with Crippen molar-refractivity contribution in [2.45, 2.75) is 44.9 Å². The zero-order chi connectivity index (χ0) is 28.3. The highest BCUT2D eigenvalue weighted by Gasteiger charge is 2.44. The number of benzene rings is 2. The Balaban J connectivity index is 1.25. The lowest BCUT2D eigenvalue weighted by atomic mass is 9.77. The second kappa shape index (κ2) is 9.57. The molecular weight excluding hydrogens is 541 g/mol. The third kappa shape index (κ3) is 4.56. The fraction of sp³-hybridized carbons (Fsp3) is 0.345. The molecule has 2 aromatic carbocycles. The van der Waals surface area contributed by atoms with E-state index in [9.17, 15) is 18.0 Å². The van der Waals surface area contributed by atoms with Gasteiger partial charge in [0.2, 0.25) is 13.6 Å². The normalized spacial score (nSPS) is 21.8. The zero-order valence-electron chi connectivity index (χ0n) is 22.0. The molecule has 212 valence electrons. The summed E-state index contributed by atoms with van der Waals surface area (Å²) in [5.74, 6) is 1.98. The summed E-state index contributed by atoms with van der Waals surface area (Å²) in [6, 6.07) is 11.7. The van der Waals surface area contributed by atoms with Gasteiger partial charge in [-0.15, -0.1) is 0 Å². The summed E-state index contributed by atoms with van der Waals surface area (Å²) in [6.45, 7) is 1.40. The van der Waals surface area contributed by atoms with E-state index >= 15 is 0 Å². The number of alkyl halides is 3. The molecule has 0 N–H and O–H groups in total. The Morgan fingerprint density at radius 1 is 1.00 bits per heavy atom. The number of amides is 1. The van der Waals surface area contributed by atoms with Crippen LogP contribution in [-0.2, 0) is 17.5 Å². The number of allylic oxidation sites excluding steroid dienone is 1. The van der Waals surface area contributed by atoms with Gasteiger partial charge in [-0.2, -0.15) is 23.4 Å². The van der Waals surface area contributed by atoms with Crippen LogP contribution < -0.4 is 18.9 Å². The van der Waals surface area contributed by atoms with E-state index in [4.69, 9.17) is 24.0 Å². The quantitative estimate of drug-likeness (QED) is 0.415. The molecule has 4 aliphatic rings. The Morgan fingerprint density at radius 2 is 1.71 bits per heavy atom. The minimum Gasteiger partial charge on any atom is -0.454 e. The van der Waals surface area contributed by atoms with Gasteiger partial charge in [-0.3, -0.25) is 9.48 Å². The SMILES string of the molecule is Cc1cc(C(F)(F)F)nn1CC(=O)N1N=C2/C(=C\c3ccc4c(c3)OCO4)CCCC2C1c1ccc2c(c1)OCO2. The lowest BCUT2D eigenvalue weighted by molar-refractivity contribution is -0.142. The molecule has 0 bridgehead atoms. The molecule has 3 aliphatic heterocycles. The number of hydrogen-bond donors (Lipinski definition) is 0. The molecule has 7 rings (SSSR count). The minimum atomic E-state index is -4.61. The second-order valence-electron chi connectivity index (χ2n) is 10.4. The number of rotatable bonds is 4. The first-order chi connectivity index (χ1) is 19.7. The van der Waals surface area contributed by atoms with Crippen LogP contribution in [-0.4, -0.2) is 40.0 Å². The van der Waals surface area contributed by atoms with Crippen molar-refractivity contribution < 1.29 is 36.9 Å². The maximum absolute atomic E-state index is 13.8. The summed E-state index contributed by atoms with van der Waals surface area (Å²) < 4.78 is 62.9. The van der Waals surface area contributed by atoms with E-state index in [1.54, 1.807) is 6.07 Å². The molecule has 0 spiro atoms. The van der Waals surface area contributed by atoms with Gasteiger partial charge in [0.25, 0.3) is 5.91 Å². The van der Waals surface area contributed by atoms with Gasteiger partial charge in [-0.1, -0.05) is 12.1 Å². The molecule has 4 heterocycles. The Kier molecular flexibility index (Phi) is 5.95. The predicted molar refractivity (Wildman–Crippen MR) is 139 cm³/mol. The van der Waals surface area contributed by atoms with E-state index < -0.39 is 23.8 Å². The molecule has 0 radical (unpaired) electrons. The molecule has 1 aliphatic carbocycles. The van der Waals surface area contributed by atoms with Crippen LogP contribution in [0.25, 0.3) is 6.08 Å². The number of hydrogen-bond acceptors (Lipinski definition) is 7. The first-order valence-electron chi connectivity index (χ1n) is 13.3. The topological polar surface area (TPSA) is 87.4 Å². The van der Waals surface area contributed by atoms with Crippen molar-refractivity contribution in [1.29, 1.82) is 0 Å². The fourth-order valence-corrected chi connectivity index (χ4v) is 5.85. The summed E-state index contributed by atoms with van der Waals surface area (Å²) in [6.07, 6.45) is -0.112. The van der Waals surface area contributed by atoms with Crippen molar-refractivity contribution in [3.8, 4) is 23.0 Å². The van der Waals surface area contributed by atoms with Crippen molar-refractivity contribution in [2.75, 3.05) is 13.6 Å². The van der Waals surface area contributed by atoms with Crippen LogP contribution in [0.2, 0.25) is 0 Å². The fourth-order valence-electron chi connectivity index (χ4n) is 5.85. The number of carbonyl (C=O) groups is 1. The maximum Gasteiger partial charge on any atom is 0.435 e. The standard InChI is InChI=1S/C29H25F3N4O5/c1-16-9-25(29(30,31)32)33-35(16)13-26(37)36-28(19-6-8-22-24(12-19)41-15-39-22)20-4-2-3-18(27(20)34-36)10-17-5-7-21-23(11-17)40-14-38-21/h5-12,20,28H,2-4,13-15H2,1H3/b18-10-. The van der Waals surface area contributed by atoms with Crippen molar-refractivity contribution >= 4 is 17.7 Å². The second-order valence-corrected chi connectivity index (χ2v) is 10.4. The number of carbonyl (C=O) groups excluding carboxylic acids is 1. The van der Waals surface area contributed by atoms with Gasteiger partial charge in [-0.25, -0.2) is 5.01 Å². The third-order valence-electron chi connectivity index (χ3n) is 7.79. The average molecular weight is 567 g/mol. The number of fused-ring (bicyclic) bond motifs is 3. The van der Waals surface area contributed by atoms with E-state index in [2.05, 4.69) is 5.10 Å². The molecule has 2 unspecified atom stereocenters. The Morgan fingerprint density at radius 3 is 2.44 bits per heavy atom. The number of halogens is 3. The number of hydrazone groups is 1. The summed E-state index contributed by atoms with van der Waals surface area (Å²) >= 11 is 0. The Hall–Kier alpha value is -4.48. The van der Waals surface area contributed by atoms with Crippen LogP contribution in [0.3, 0.4) is 0 Å². The van der Waals surface area contributed by atoms with Gasteiger partial charge in [-0.05, 0) is 79.3 Å². The third-order valence-corrected chi connectivity index (χ3v) is 7.79. The molecule has 1 saturated carbocycles. The van der Waals surface area contributed by atoms with Crippen LogP contribution >= 0.6 is 0 Å². The van der Waals surface area contributed by atoms with E-state index in [1.807, 2.05) is 36.4 Å². The number of aryl methyl sites for hydroxylation is 1. The van der Waals surface area contributed by atoms with Gasteiger partial charge in [0.15, 0.2) is 28.7 Å². The van der Waals surface area contributed by atoms with Gasteiger partial charge in [0.05, 0.1) is 11.8 Å². The van der Waals surface area contributed by atoms with E-state index in [-0.39, 0.29) is 31.7 Å². The van der Waals surface area contributed by atoms with Crippen LogP contribution in [0.15, 0.2) is 53.1 Å². The summed E-state index contributed by atoms with van der Waals surface area (Å²) in [7, 11) is 0. The molecule has 3 aromatic rings. The van der Waals surface area contributed by atoms with Gasteiger partial charge in [0, 0.05) is 11.6 Å². The van der Waals surface area contributed by atoms with Crippen molar-refractivity contribution in [3.63, 3.8) is 0 Å². The molecule has 9 nitrogen and oxygen atoms in total.